The number of hydrogen-bond donors (Lipinski definition) is 2. The van der Waals surface area contributed by atoms with Gasteiger partial charge in [-0.2, -0.15) is 10.4 Å². The van der Waals surface area contributed by atoms with Crippen LogP contribution < -0.4 is 10.5 Å². The zero-order valence-electron chi connectivity index (χ0n) is 17.2. The predicted molar refractivity (Wildman–Crippen MR) is 117 cm³/mol. The summed E-state index contributed by atoms with van der Waals surface area (Å²) in [7, 11) is 1.38. The van der Waals surface area contributed by atoms with E-state index in [2.05, 4.69) is 10.1 Å². The van der Waals surface area contributed by atoms with Crippen molar-refractivity contribution in [1.29, 1.82) is 5.26 Å². The Morgan fingerprint density at radius 2 is 1.88 bits per heavy atom. The van der Waals surface area contributed by atoms with Crippen molar-refractivity contribution >= 4 is 12.3 Å². The fourth-order valence-corrected chi connectivity index (χ4v) is 3.11. The summed E-state index contributed by atoms with van der Waals surface area (Å²) in [6, 6.07) is 14.3. The van der Waals surface area contributed by atoms with Crippen molar-refractivity contribution in [2.75, 3.05) is 12.8 Å². The van der Waals surface area contributed by atoms with E-state index in [0.717, 1.165) is 0 Å². The number of ether oxygens (including phenoxy) is 1. The number of benzene rings is 2. The first-order valence-corrected chi connectivity index (χ1v) is 9.35. The van der Waals surface area contributed by atoms with Gasteiger partial charge in [0.25, 0.3) is 6.47 Å². The second kappa shape index (κ2) is 10.0. The van der Waals surface area contributed by atoms with Crippen LogP contribution in [0, 0.1) is 23.0 Å². The number of nitriles is 1. The number of pyridine rings is 1. The van der Waals surface area contributed by atoms with Gasteiger partial charge in [0, 0.05) is 22.9 Å². The molecule has 0 bridgehead atoms. The molecule has 33 heavy (non-hydrogen) atoms. The van der Waals surface area contributed by atoms with Crippen LogP contribution in [0.1, 0.15) is 5.56 Å². The lowest BCUT2D eigenvalue weighted by Gasteiger charge is -2.10. The number of rotatable bonds is 4. The number of aromatic nitrogens is 3. The molecule has 0 aliphatic carbocycles. The number of carbonyl (C=O) groups is 1. The third kappa shape index (κ3) is 4.77. The first-order chi connectivity index (χ1) is 15.9. The molecule has 0 radical (unpaired) electrons. The van der Waals surface area contributed by atoms with Crippen LogP contribution in [0.25, 0.3) is 28.1 Å². The normalized spacial score (nSPS) is 10.0. The van der Waals surface area contributed by atoms with E-state index in [0.29, 0.717) is 22.4 Å². The van der Waals surface area contributed by atoms with Gasteiger partial charge < -0.3 is 15.6 Å². The predicted octanol–water partition coefficient (Wildman–Crippen LogP) is 4.04. The molecule has 4 rings (SSSR count). The van der Waals surface area contributed by atoms with E-state index < -0.39 is 11.6 Å². The van der Waals surface area contributed by atoms with Crippen LogP contribution in [0.3, 0.4) is 0 Å². The maximum absolute atomic E-state index is 14.1. The summed E-state index contributed by atoms with van der Waals surface area (Å²) in [5.74, 6) is -0.878. The van der Waals surface area contributed by atoms with Crippen LogP contribution in [0.15, 0.2) is 60.9 Å². The van der Waals surface area contributed by atoms with Crippen LogP contribution in [0.2, 0.25) is 0 Å². The summed E-state index contributed by atoms with van der Waals surface area (Å²) in [5, 5.41) is 20.7. The molecule has 0 saturated heterocycles. The molecule has 0 unspecified atom stereocenters. The minimum atomic E-state index is -0.548. The van der Waals surface area contributed by atoms with Gasteiger partial charge in [0.15, 0.2) is 11.6 Å². The Labute approximate surface area is 187 Å². The third-order valence-corrected chi connectivity index (χ3v) is 4.60. The molecule has 0 fully saturated rings. The highest BCUT2D eigenvalue weighted by molar-refractivity contribution is 5.79. The van der Waals surface area contributed by atoms with E-state index in [1.807, 2.05) is 6.07 Å². The minimum absolute atomic E-state index is 0.000122. The van der Waals surface area contributed by atoms with Crippen LogP contribution in [0.5, 0.6) is 5.75 Å². The molecule has 10 heteroatoms. The number of hydrogen-bond acceptors (Lipinski definition) is 6. The van der Waals surface area contributed by atoms with Crippen molar-refractivity contribution in [2.24, 2.45) is 0 Å². The van der Waals surface area contributed by atoms with E-state index in [-0.39, 0.29) is 29.3 Å². The maximum Gasteiger partial charge on any atom is 0.290 e. The molecule has 0 amide bonds. The summed E-state index contributed by atoms with van der Waals surface area (Å²) in [6.45, 7) is -0.250. The fourth-order valence-electron chi connectivity index (χ4n) is 3.11. The monoisotopic (exact) mass is 449 g/mol. The van der Waals surface area contributed by atoms with E-state index in [4.69, 9.17) is 20.4 Å². The molecule has 0 saturated carbocycles. The van der Waals surface area contributed by atoms with Gasteiger partial charge in [0.05, 0.1) is 19.0 Å². The summed E-state index contributed by atoms with van der Waals surface area (Å²) in [4.78, 5) is 12.6. The van der Waals surface area contributed by atoms with Crippen LogP contribution in [-0.4, -0.2) is 33.5 Å². The molecule has 2 heterocycles. The first kappa shape index (κ1) is 22.9. The lowest BCUT2D eigenvalue weighted by atomic mass is 10.0. The van der Waals surface area contributed by atoms with Gasteiger partial charge in [-0.15, -0.1) is 0 Å². The van der Waals surface area contributed by atoms with E-state index in [1.54, 1.807) is 36.5 Å². The van der Waals surface area contributed by atoms with Crippen LogP contribution in [0.4, 0.5) is 14.6 Å². The number of carboxylic acid groups (broad SMARTS) is 1. The molecule has 2 aromatic carbocycles. The molecule has 4 aromatic rings. The zero-order chi connectivity index (χ0) is 24.0. The average Bonchev–Trinajstić information content (AvgIpc) is 3.29. The number of para-hydroxylation sites is 1. The number of anilines is 1. The van der Waals surface area contributed by atoms with Gasteiger partial charge in [-0.25, -0.2) is 18.4 Å². The zero-order valence-corrected chi connectivity index (χ0v) is 17.2. The topological polar surface area (TPSA) is 127 Å². The van der Waals surface area contributed by atoms with Gasteiger partial charge >= 0.3 is 0 Å². The summed E-state index contributed by atoms with van der Waals surface area (Å²) >= 11 is 0. The van der Waals surface area contributed by atoms with Gasteiger partial charge in [-0.3, -0.25) is 4.79 Å². The molecular weight excluding hydrogens is 432 g/mol. The summed E-state index contributed by atoms with van der Waals surface area (Å²) in [5.41, 5.74) is 8.26. The lowest BCUT2D eigenvalue weighted by Crippen LogP contribution is -2.00. The fraction of sp³-hybridized carbons (Fsp3) is 0.0435. The smallest absolute Gasteiger partial charge is 0.290 e. The number of nitrogens with zero attached hydrogens (tertiary/aromatic N) is 4. The van der Waals surface area contributed by atoms with Gasteiger partial charge in [-0.1, -0.05) is 12.1 Å². The lowest BCUT2D eigenvalue weighted by molar-refractivity contribution is -0.122. The number of methoxy groups -OCH3 is 1. The Morgan fingerprint density at radius 3 is 2.52 bits per heavy atom. The van der Waals surface area contributed by atoms with Crippen molar-refractivity contribution in [1.82, 2.24) is 14.8 Å². The summed E-state index contributed by atoms with van der Waals surface area (Å²) in [6.07, 6.45) is 3.09. The minimum Gasteiger partial charge on any atom is -0.494 e. The highest BCUT2D eigenvalue weighted by Gasteiger charge is 2.17. The average molecular weight is 449 g/mol. The first-order valence-electron chi connectivity index (χ1n) is 9.35. The second-order valence-electron chi connectivity index (χ2n) is 6.51. The number of nitrogen functional groups attached to an aromatic ring is 1. The third-order valence-electron chi connectivity index (χ3n) is 4.60. The largest absolute Gasteiger partial charge is 0.494 e. The van der Waals surface area contributed by atoms with Gasteiger partial charge in [0.1, 0.15) is 29.0 Å². The molecule has 0 atom stereocenters. The molecule has 0 aliphatic rings. The van der Waals surface area contributed by atoms with Gasteiger partial charge in [0.2, 0.25) is 0 Å². The molecule has 3 N–H and O–H groups in total. The number of nitrogens with two attached hydrogens (primary N) is 1. The van der Waals surface area contributed by atoms with Crippen molar-refractivity contribution in [3.8, 4) is 39.9 Å². The van der Waals surface area contributed by atoms with Crippen molar-refractivity contribution in [2.45, 2.75) is 0 Å². The second-order valence-corrected chi connectivity index (χ2v) is 6.51. The SMILES string of the molecule is COc1ccc(-c2cc(-c3cnn(-c4ccccc4F)c3)c(C#N)c(N)n2)cc1F.O=CO. The Balaban J connectivity index is 0.000000968. The standard InChI is InChI=1S/C22H15F2N5O.CH2O2/c1-30-21-7-6-13(8-18(21)24)19-9-15(16(10-25)22(26)28-19)14-11-27-29(12-14)20-5-3-2-4-17(20)23;2-1-3/h2-9,11-12H,1H3,(H2,26,28);1H,(H,2,3). The highest BCUT2D eigenvalue weighted by atomic mass is 19.1. The van der Waals surface area contributed by atoms with Crippen LogP contribution >= 0.6 is 0 Å². The quantitative estimate of drug-likeness (QED) is 0.450. The molecule has 0 aliphatic heterocycles. The van der Waals surface area contributed by atoms with Crippen LogP contribution in [-0.2, 0) is 4.79 Å². The Hall–Kier alpha value is -4.78. The van der Waals surface area contributed by atoms with Gasteiger partial charge in [-0.05, 0) is 36.4 Å². The van der Waals surface area contributed by atoms with E-state index in [1.165, 1.54) is 36.2 Å². The van der Waals surface area contributed by atoms with Crippen molar-refractivity contribution < 1.29 is 23.4 Å². The molecule has 0 spiro atoms. The molecule has 2 aromatic heterocycles. The Kier molecular flexibility index (Phi) is 6.95. The number of halogens is 2. The highest BCUT2D eigenvalue weighted by Crippen LogP contribution is 2.32. The maximum atomic E-state index is 14.1. The summed E-state index contributed by atoms with van der Waals surface area (Å²) < 4.78 is 34.6. The van der Waals surface area contributed by atoms with Crippen molar-refractivity contribution in [3.05, 3.63) is 78.1 Å². The Morgan fingerprint density at radius 1 is 1.15 bits per heavy atom. The van der Waals surface area contributed by atoms with E-state index >= 15 is 0 Å². The van der Waals surface area contributed by atoms with Crippen molar-refractivity contribution in [3.63, 3.8) is 0 Å². The molecular formula is C23H17F2N5O3. The molecule has 8 nitrogen and oxygen atoms in total. The molecule has 166 valence electrons. The Bertz CT molecular complexity index is 1350. The van der Waals surface area contributed by atoms with E-state index in [9.17, 15) is 14.0 Å².